The Kier molecular flexibility index (Phi) is 4.09. The number of halogens is 3. The van der Waals surface area contributed by atoms with Crippen LogP contribution in [-0.4, -0.2) is 0 Å². The number of anilines is 1. The molecule has 0 saturated heterocycles. The van der Waals surface area contributed by atoms with Gasteiger partial charge in [0.05, 0.1) is 0 Å². The summed E-state index contributed by atoms with van der Waals surface area (Å²) in [6.07, 6.45) is 0. The Morgan fingerprint density at radius 1 is 1.11 bits per heavy atom. The summed E-state index contributed by atoms with van der Waals surface area (Å²) in [6, 6.07) is 8.52. The summed E-state index contributed by atoms with van der Waals surface area (Å²) >= 11 is 7.20. The molecule has 0 aliphatic rings. The lowest BCUT2D eigenvalue weighted by atomic mass is 10.2. The van der Waals surface area contributed by atoms with Crippen LogP contribution in [0.4, 0.5) is 14.5 Å². The summed E-state index contributed by atoms with van der Waals surface area (Å²) in [7, 11) is 0. The maximum absolute atomic E-state index is 13.4. The van der Waals surface area contributed by atoms with Crippen LogP contribution in [0.3, 0.4) is 0 Å². The number of hydrogen-bond donors (Lipinski definition) is 1. The van der Waals surface area contributed by atoms with Gasteiger partial charge in [-0.25, -0.2) is 8.78 Å². The van der Waals surface area contributed by atoms with Crippen molar-refractivity contribution in [3.63, 3.8) is 0 Å². The monoisotopic (exact) mass is 285 g/mol. The van der Waals surface area contributed by atoms with Gasteiger partial charge in [0.2, 0.25) is 0 Å². The molecule has 0 aliphatic carbocycles. The molecule has 0 spiro atoms. The first-order valence-corrected chi connectivity index (χ1v) is 6.54. The molecule has 0 radical (unpaired) electrons. The maximum atomic E-state index is 13.4. The summed E-state index contributed by atoms with van der Waals surface area (Å²) in [5.41, 5.74) is 6.99. The largest absolute Gasteiger partial charge is 0.399 e. The highest BCUT2D eigenvalue weighted by Crippen LogP contribution is 2.29. The van der Waals surface area contributed by atoms with Crippen LogP contribution in [0.15, 0.2) is 41.3 Å². The zero-order chi connectivity index (χ0) is 13.1. The fourth-order valence-electron chi connectivity index (χ4n) is 1.42. The molecular formula is C13H10ClF2NS. The van der Waals surface area contributed by atoms with Gasteiger partial charge in [-0.05, 0) is 35.9 Å². The van der Waals surface area contributed by atoms with Gasteiger partial charge in [0.1, 0.15) is 11.6 Å². The third kappa shape index (κ3) is 3.15. The molecule has 0 heterocycles. The predicted octanol–water partition coefficient (Wildman–Crippen LogP) is 4.49. The van der Waals surface area contributed by atoms with Crippen LogP contribution in [0, 0.1) is 11.6 Å². The van der Waals surface area contributed by atoms with E-state index in [9.17, 15) is 8.78 Å². The normalized spacial score (nSPS) is 10.6. The summed E-state index contributed by atoms with van der Waals surface area (Å²) in [5.74, 6) is -0.435. The minimum atomic E-state index is -0.456. The fourth-order valence-corrected chi connectivity index (χ4v) is 2.72. The van der Waals surface area contributed by atoms with Crippen LogP contribution in [0.1, 0.15) is 5.56 Å². The summed E-state index contributed by atoms with van der Waals surface area (Å²) < 4.78 is 26.4. The lowest BCUT2D eigenvalue weighted by molar-refractivity contribution is 0.577. The van der Waals surface area contributed by atoms with Crippen molar-refractivity contribution in [3.05, 3.63) is 58.6 Å². The lowest BCUT2D eigenvalue weighted by Crippen LogP contribution is -1.89. The molecule has 2 aromatic rings. The second-order valence-electron chi connectivity index (χ2n) is 3.71. The first-order valence-electron chi connectivity index (χ1n) is 5.18. The maximum Gasteiger partial charge on any atom is 0.136 e. The molecule has 5 heteroatoms. The van der Waals surface area contributed by atoms with Gasteiger partial charge in [-0.2, -0.15) is 0 Å². The smallest absolute Gasteiger partial charge is 0.136 e. The second-order valence-corrected chi connectivity index (χ2v) is 5.14. The number of thioether (sulfide) groups is 1. The van der Waals surface area contributed by atoms with Crippen LogP contribution in [0.2, 0.25) is 5.02 Å². The van der Waals surface area contributed by atoms with E-state index in [1.807, 2.05) is 0 Å². The van der Waals surface area contributed by atoms with Gasteiger partial charge in [-0.15, -0.1) is 11.8 Å². The number of benzene rings is 2. The molecule has 2 aromatic carbocycles. The molecule has 0 aliphatic heterocycles. The van der Waals surface area contributed by atoms with Crippen molar-refractivity contribution in [3.8, 4) is 0 Å². The van der Waals surface area contributed by atoms with Crippen molar-refractivity contribution < 1.29 is 8.78 Å². The first-order chi connectivity index (χ1) is 8.56. The van der Waals surface area contributed by atoms with Crippen LogP contribution in [0.5, 0.6) is 0 Å². The van der Waals surface area contributed by atoms with Crippen molar-refractivity contribution in [2.45, 2.75) is 10.6 Å². The molecule has 0 fully saturated rings. The van der Waals surface area contributed by atoms with E-state index in [0.717, 1.165) is 17.7 Å². The van der Waals surface area contributed by atoms with Crippen molar-refractivity contribution in [2.75, 3.05) is 5.73 Å². The second kappa shape index (κ2) is 5.59. The lowest BCUT2D eigenvalue weighted by Gasteiger charge is -2.06. The Balaban J connectivity index is 2.13. The molecule has 0 saturated carbocycles. The van der Waals surface area contributed by atoms with Gasteiger partial charge in [0.25, 0.3) is 0 Å². The Hall–Kier alpha value is -1.26. The molecule has 2 rings (SSSR count). The molecule has 18 heavy (non-hydrogen) atoms. The highest BCUT2D eigenvalue weighted by atomic mass is 35.5. The average Bonchev–Trinajstić information content (AvgIpc) is 2.32. The van der Waals surface area contributed by atoms with Crippen molar-refractivity contribution in [1.82, 2.24) is 0 Å². The van der Waals surface area contributed by atoms with Crippen LogP contribution in [-0.2, 0) is 5.75 Å². The number of rotatable bonds is 3. The highest BCUT2D eigenvalue weighted by molar-refractivity contribution is 7.98. The van der Waals surface area contributed by atoms with Crippen molar-refractivity contribution in [2.24, 2.45) is 0 Å². The predicted molar refractivity (Wildman–Crippen MR) is 71.8 cm³/mol. The first kappa shape index (κ1) is 13.2. The number of hydrogen-bond acceptors (Lipinski definition) is 2. The zero-order valence-corrected chi connectivity index (χ0v) is 10.9. The topological polar surface area (TPSA) is 26.0 Å². The van der Waals surface area contributed by atoms with E-state index in [2.05, 4.69) is 0 Å². The van der Waals surface area contributed by atoms with E-state index in [4.69, 9.17) is 17.3 Å². The molecule has 94 valence electrons. The molecule has 0 atom stereocenters. The molecule has 0 amide bonds. The average molecular weight is 286 g/mol. The summed E-state index contributed by atoms with van der Waals surface area (Å²) in [6.45, 7) is 0. The van der Waals surface area contributed by atoms with Crippen molar-refractivity contribution >= 4 is 29.1 Å². The fraction of sp³-hybridized carbons (Fsp3) is 0.0769. The molecule has 2 N–H and O–H groups in total. The third-order valence-electron chi connectivity index (χ3n) is 2.35. The minimum Gasteiger partial charge on any atom is -0.399 e. The van der Waals surface area contributed by atoms with E-state index in [1.165, 1.54) is 17.8 Å². The Morgan fingerprint density at radius 3 is 2.61 bits per heavy atom. The van der Waals surface area contributed by atoms with Gasteiger partial charge >= 0.3 is 0 Å². The van der Waals surface area contributed by atoms with Gasteiger partial charge in [-0.3, -0.25) is 0 Å². The molecule has 1 nitrogen and oxygen atoms in total. The van der Waals surface area contributed by atoms with Gasteiger partial charge in [0.15, 0.2) is 0 Å². The zero-order valence-electron chi connectivity index (χ0n) is 9.29. The van der Waals surface area contributed by atoms with E-state index in [1.54, 1.807) is 18.2 Å². The van der Waals surface area contributed by atoms with E-state index in [0.29, 0.717) is 16.5 Å². The van der Waals surface area contributed by atoms with Gasteiger partial charge < -0.3 is 5.73 Å². The number of nitrogen functional groups attached to an aromatic ring is 1. The van der Waals surface area contributed by atoms with Crippen LogP contribution < -0.4 is 5.73 Å². The Bertz CT molecular complexity index is 575. The van der Waals surface area contributed by atoms with Crippen molar-refractivity contribution in [1.29, 1.82) is 0 Å². The van der Waals surface area contributed by atoms with E-state index in [-0.39, 0.29) is 4.90 Å². The molecular weight excluding hydrogens is 276 g/mol. The summed E-state index contributed by atoms with van der Waals surface area (Å²) in [4.78, 5) is 0.267. The van der Waals surface area contributed by atoms with E-state index < -0.39 is 11.6 Å². The van der Waals surface area contributed by atoms with E-state index >= 15 is 0 Å². The third-order valence-corrected chi connectivity index (χ3v) is 3.78. The van der Waals surface area contributed by atoms with Crippen LogP contribution in [0.25, 0.3) is 0 Å². The SMILES string of the molecule is Nc1ccc(CSc2cc(F)ccc2F)c(Cl)c1. The Morgan fingerprint density at radius 2 is 1.89 bits per heavy atom. The molecule has 0 unspecified atom stereocenters. The van der Waals surface area contributed by atoms with Gasteiger partial charge in [-0.1, -0.05) is 17.7 Å². The standard InChI is InChI=1S/C13H10ClF2NS/c14-11-6-10(17)3-1-8(11)7-18-13-5-9(15)2-4-12(13)16/h1-6H,7,17H2. The minimum absolute atomic E-state index is 0.267. The highest BCUT2D eigenvalue weighted by Gasteiger charge is 2.07. The quantitative estimate of drug-likeness (QED) is 0.664. The van der Waals surface area contributed by atoms with Gasteiger partial charge in [0, 0.05) is 21.4 Å². The molecule has 0 bridgehead atoms. The summed E-state index contributed by atoms with van der Waals surface area (Å²) in [5, 5.41) is 0.527. The number of nitrogens with two attached hydrogens (primary N) is 1. The molecule has 0 aromatic heterocycles. The Labute approximate surface area is 113 Å². The van der Waals surface area contributed by atoms with Crippen LogP contribution >= 0.6 is 23.4 Å².